The monoisotopic (exact) mass is 258 g/mol. The number of nitrogens with one attached hydrogen (secondary N) is 1. The van der Waals surface area contributed by atoms with Crippen LogP contribution in [0.25, 0.3) is 0 Å². The number of hydrogen-bond donors (Lipinski definition) is 1. The molecular formula is C12H13F3N2O. The van der Waals surface area contributed by atoms with Crippen LogP contribution in [0.5, 0.6) is 0 Å². The van der Waals surface area contributed by atoms with Crippen molar-refractivity contribution in [3.05, 3.63) is 29.3 Å². The van der Waals surface area contributed by atoms with Crippen molar-refractivity contribution in [2.24, 2.45) is 0 Å². The summed E-state index contributed by atoms with van der Waals surface area (Å²) in [4.78, 5) is 12.5. The number of aldehydes is 1. The number of alkyl halides is 3. The minimum absolute atomic E-state index is 0.240. The topological polar surface area (TPSA) is 32.3 Å². The highest BCUT2D eigenvalue weighted by Gasteiger charge is 2.34. The Balaban J connectivity index is 2.36. The maximum absolute atomic E-state index is 12.8. The molecule has 0 spiro atoms. The predicted molar refractivity (Wildman–Crippen MR) is 61.9 cm³/mol. The minimum atomic E-state index is -4.50. The van der Waals surface area contributed by atoms with E-state index in [1.807, 2.05) is 4.90 Å². The molecule has 98 valence electrons. The van der Waals surface area contributed by atoms with Crippen LogP contribution in [-0.4, -0.2) is 32.5 Å². The number of carbonyl (C=O) groups is 1. The lowest BCUT2D eigenvalue weighted by atomic mass is 10.1. The summed E-state index contributed by atoms with van der Waals surface area (Å²) in [7, 11) is 0. The molecule has 1 fully saturated rings. The van der Waals surface area contributed by atoms with Crippen molar-refractivity contribution in [3.63, 3.8) is 0 Å². The Morgan fingerprint density at radius 3 is 2.44 bits per heavy atom. The molecule has 0 atom stereocenters. The number of piperazine rings is 1. The zero-order valence-corrected chi connectivity index (χ0v) is 9.63. The normalized spacial score (nSPS) is 16.7. The lowest BCUT2D eigenvalue weighted by Crippen LogP contribution is -2.43. The first-order chi connectivity index (χ1) is 8.52. The second-order valence-electron chi connectivity index (χ2n) is 4.12. The zero-order chi connectivity index (χ0) is 13.2. The van der Waals surface area contributed by atoms with Gasteiger partial charge < -0.3 is 10.2 Å². The number of nitrogens with zero attached hydrogens (tertiary/aromatic N) is 1. The van der Waals surface area contributed by atoms with Gasteiger partial charge in [0.1, 0.15) is 0 Å². The van der Waals surface area contributed by atoms with Crippen LogP contribution in [0.2, 0.25) is 0 Å². The smallest absolute Gasteiger partial charge is 0.369 e. The number of benzene rings is 1. The zero-order valence-electron chi connectivity index (χ0n) is 9.63. The van der Waals surface area contributed by atoms with Crippen molar-refractivity contribution in [2.75, 3.05) is 31.1 Å². The molecule has 1 heterocycles. The summed E-state index contributed by atoms with van der Waals surface area (Å²) in [5, 5.41) is 3.13. The van der Waals surface area contributed by atoms with E-state index in [4.69, 9.17) is 0 Å². The Morgan fingerprint density at radius 1 is 1.22 bits per heavy atom. The summed E-state index contributed by atoms with van der Waals surface area (Å²) in [6.45, 7) is 2.82. The van der Waals surface area contributed by atoms with Crippen LogP contribution >= 0.6 is 0 Å². The molecule has 0 bridgehead atoms. The van der Waals surface area contributed by atoms with Crippen molar-refractivity contribution in [2.45, 2.75) is 6.18 Å². The first-order valence-electron chi connectivity index (χ1n) is 5.64. The summed E-state index contributed by atoms with van der Waals surface area (Å²) < 4.78 is 38.4. The molecule has 0 aromatic heterocycles. The molecule has 2 rings (SSSR count). The molecule has 1 aliphatic heterocycles. The summed E-state index contributed by atoms with van der Waals surface area (Å²) in [5.41, 5.74) is -0.677. The third kappa shape index (κ3) is 2.64. The molecule has 1 N–H and O–H groups in total. The largest absolute Gasteiger partial charge is 0.417 e. The number of halogens is 3. The van der Waals surface area contributed by atoms with Gasteiger partial charge in [0, 0.05) is 37.4 Å². The Labute approximate surface area is 103 Å². The average molecular weight is 258 g/mol. The van der Waals surface area contributed by atoms with Crippen molar-refractivity contribution in [1.29, 1.82) is 0 Å². The third-order valence-electron chi connectivity index (χ3n) is 2.95. The first kappa shape index (κ1) is 12.9. The molecule has 0 amide bonds. The highest BCUT2D eigenvalue weighted by Crippen LogP contribution is 2.34. The van der Waals surface area contributed by atoms with Gasteiger partial charge in [-0.2, -0.15) is 13.2 Å². The highest BCUT2D eigenvalue weighted by molar-refractivity contribution is 5.79. The molecule has 1 aromatic rings. The van der Waals surface area contributed by atoms with Crippen LogP contribution in [0, 0.1) is 0 Å². The van der Waals surface area contributed by atoms with Crippen LogP contribution in [0.15, 0.2) is 18.2 Å². The van der Waals surface area contributed by atoms with E-state index in [9.17, 15) is 18.0 Å². The van der Waals surface area contributed by atoms with Gasteiger partial charge in [0.2, 0.25) is 0 Å². The molecule has 0 unspecified atom stereocenters. The van der Waals surface area contributed by atoms with Crippen molar-refractivity contribution < 1.29 is 18.0 Å². The fourth-order valence-electron chi connectivity index (χ4n) is 2.01. The van der Waals surface area contributed by atoms with E-state index in [1.165, 1.54) is 6.07 Å². The molecule has 0 radical (unpaired) electrons. The van der Waals surface area contributed by atoms with Crippen LogP contribution in [-0.2, 0) is 6.18 Å². The second kappa shape index (κ2) is 4.97. The van der Waals surface area contributed by atoms with E-state index >= 15 is 0 Å². The molecule has 1 saturated heterocycles. The Kier molecular flexibility index (Phi) is 3.56. The van der Waals surface area contributed by atoms with Crippen LogP contribution in [0.4, 0.5) is 18.9 Å². The van der Waals surface area contributed by atoms with E-state index in [-0.39, 0.29) is 11.8 Å². The van der Waals surface area contributed by atoms with Gasteiger partial charge in [-0.25, -0.2) is 0 Å². The highest BCUT2D eigenvalue weighted by atomic mass is 19.4. The van der Waals surface area contributed by atoms with Gasteiger partial charge >= 0.3 is 6.18 Å². The lowest BCUT2D eigenvalue weighted by Gasteiger charge is -2.30. The summed E-state index contributed by atoms with van der Waals surface area (Å²) in [5.74, 6) is 0. The molecule has 1 aromatic carbocycles. The Bertz CT molecular complexity index is 439. The van der Waals surface area contributed by atoms with E-state index in [2.05, 4.69) is 5.32 Å². The average Bonchev–Trinajstić information content (AvgIpc) is 2.38. The second-order valence-corrected chi connectivity index (χ2v) is 4.12. The van der Waals surface area contributed by atoms with Gasteiger partial charge in [-0.3, -0.25) is 4.79 Å². The standard InChI is InChI=1S/C12H13F3N2O/c13-12(14,15)11-7-10(2-1-9(11)8-18)17-5-3-16-4-6-17/h1-2,7-8,16H,3-6H2. The van der Waals surface area contributed by atoms with Crippen molar-refractivity contribution in [3.8, 4) is 0 Å². The van der Waals surface area contributed by atoms with E-state index in [0.29, 0.717) is 18.8 Å². The van der Waals surface area contributed by atoms with Gasteiger partial charge in [-0.1, -0.05) is 0 Å². The van der Waals surface area contributed by atoms with Crippen LogP contribution in [0.3, 0.4) is 0 Å². The van der Waals surface area contributed by atoms with Crippen LogP contribution < -0.4 is 10.2 Å². The van der Waals surface area contributed by atoms with E-state index < -0.39 is 11.7 Å². The minimum Gasteiger partial charge on any atom is -0.369 e. The number of carbonyl (C=O) groups excluding carboxylic acids is 1. The van der Waals surface area contributed by atoms with Crippen LogP contribution in [0.1, 0.15) is 15.9 Å². The van der Waals surface area contributed by atoms with E-state index in [0.717, 1.165) is 19.2 Å². The lowest BCUT2D eigenvalue weighted by molar-refractivity contribution is -0.137. The SMILES string of the molecule is O=Cc1ccc(N2CCNCC2)cc1C(F)(F)F. The van der Waals surface area contributed by atoms with Gasteiger partial charge in [0.25, 0.3) is 0 Å². The molecule has 0 aliphatic carbocycles. The molecular weight excluding hydrogens is 245 g/mol. The predicted octanol–water partition coefficient (Wildman–Crippen LogP) is 1.93. The fourth-order valence-corrected chi connectivity index (χ4v) is 2.01. The summed E-state index contributed by atoms with van der Waals surface area (Å²) in [6.07, 6.45) is -4.26. The fraction of sp³-hybridized carbons (Fsp3) is 0.417. The number of rotatable bonds is 2. The van der Waals surface area contributed by atoms with E-state index in [1.54, 1.807) is 6.07 Å². The molecule has 3 nitrogen and oxygen atoms in total. The van der Waals surface area contributed by atoms with Crippen molar-refractivity contribution >= 4 is 12.0 Å². The number of anilines is 1. The number of hydrogen-bond acceptors (Lipinski definition) is 3. The molecule has 18 heavy (non-hydrogen) atoms. The maximum Gasteiger partial charge on any atom is 0.417 e. The third-order valence-corrected chi connectivity index (χ3v) is 2.95. The summed E-state index contributed by atoms with van der Waals surface area (Å²) in [6, 6.07) is 3.84. The Morgan fingerprint density at radius 2 is 1.89 bits per heavy atom. The quantitative estimate of drug-likeness (QED) is 0.823. The van der Waals surface area contributed by atoms with Gasteiger partial charge in [-0.15, -0.1) is 0 Å². The van der Waals surface area contributed by atoms with Gasteiger partial charge in [0.05, 0.1) is 5.56 Å². The molecule has 1 aliphatic rings. The molecule has 6 heteroatoms. The first-order valence-corrected chi connectivity index (χ1v) is 5.64. The van der Waals surface area contributed by atoms with Crippen molar-refractivity contribution in [1.82, 2.24) is 5.32 Å². The molecule has 0 saturated carbocycles. The Hall–Kier alpha value is -1.56. The summed E-state index contributed by atoms with van der Waals surface area (Å²) >= 11 is 0. The van der Waals surface area contributed by atoms with Gasteiger partial charge in [-0.05, 0) is 18.2 Å². The maximum atomic E-state index is 12.8. The van der Waals surface area contributed by atoms with Gasteiger partial charge in [0.15, 0.2) is 6.29 Å².